The number of hydrogen-bond acceptors (Lipinski definition) is 3. The van der Waals surface area contributed by atoms with Crippen LogP contribution in [0.3, 0.4) is 0 Å². The molecule has 0 aliphatic heterocycles. The van der Waals surface area contributed by atoms with Crippen LogP contribution in [0.2, 0.25) is 0 Å². The predicted molar refractivity (Wildman–Crippen MR) is 57.8 cm³/mol. The zero-order valence-corrected chi connectivity index (χ0v) is 8.26. The molecule has 3 rings (SSSR count). The van der Waals surface area contributed by atoms with Crippen molar-refractivity contribution in [3.63, 3.8) is 0 Å². The summed E-state index contributed by atoms with van der Waals surface area (Å²) in [5, 5.41) is 0.907. The van der Waals surface area contributed by atoms with Crippen LogP contribution in [0, 0.1) is 0 Å². The number of anilines is 1. The summed E-state index contributed by atoms with van der Waals surface area (Å²) in [6.07, 6.45) is 4.42. The number of aromatic amines is 2. The van der Waals surface area contributed by atoms with E-state index in [2.05, 4.69) is 15.0 Å². The molecule has 5 heteroatoms. The fourth-order valence-corrected chi connectivity index (χ4v) is 2.35. The first-order chi connectivity index (χ1) is 7.25. The number of aryl methyl sites for hydroxylation is 2. The van der Waals surface area contributed by atoms with Crippen LogP contribution in [0.5, 0.6) is 0 Å². The molecule has 0 amide bonds. The molecule has 78 valence electrons. The predicted octanol–water partition coefficient (Wildman–Crippen LogP) is 0.712. The van der Waals surface area contributed by atoms with Crippen LogP contribution in [0.25, 0.3) is 11.0 Å². The lowest BCUT2D eigenvalue weighted by Crippen LogP contribution is -2.12. The van der Waals surface area contributed by atoms with E-state index in [4.69, 9.17) is 5.73 Å². The van der Waals surface area contributed by atoms with Crippen molar-refractivity contribution in [1.29, 1.82) is 0 Å². The Morgan fingerprint density at radius 3 is 2.87 bits per heavy atom. The van der Waals surface area contributed by atoms with Crippen molar-refractivity contribution in [3.05, 3.63) is 21.7 Å². The number of nitrogen functional groups attached to an aromatic ring is 1. The minimum absolute atomic E-state index is 0.390. The van der Waals surface area contributed by atoms with Crippen LogP contribution in [0.1, 0.15) is 24.1 Å². The summed E-state index contributed by atoms with van der Waals surface area (Å²) >= 11 is 0. The van der Waals surface area contributed by atoms with Crippen molar-refractivity contribution in [2.75, 3.05) is 5.73 Å². The maximum atomic E-state index is 11.2. The van der Waals surface area contributed by atoms with E-state index in [1.54, 1.807) is 0 Å². The lowest BCUT2D eigenvalue weighted by molar-refractivity contribution is 0.680. The summed E-state index contributed by atoms with van der Waals surface area (Å²) in [5.41, 5.74) is 8.47. The van der Waals surface area contributed by atoms with Gasteiger partial charge in [0.15, 0.2) is 0 Å². The summed E-state index contributed by atoms with van der Waals surface area (Å²) < 4.78 is 0. The Morgan fingerprint density at radius 2 is 2.00 bits per heavy atom. The summed E-state index contributed by atoms with van der Waals surface area (Å²) in [5.74, 6) is 0.435. The number of fused-ring (bicyclic) bond motifs is 3. The van der Waals surface area contributed by atoms with Gasteiger partial charge < -0.3 is 10.7 Å². The van der Waals surface area contributed by atoms with Gasteiger partial charge in [-0.05, 0) is 31.2 Å². The van der Waals surface area contributed by atoms with Gasteiger partial charge in [-0.3, -0.25) is 4.98 Å². The lowest BCUT2D eigenvalue weighted by Gasteiger charge is -2.10. The second-order valence-electron chi connectivity index (χ2n) is 3.97. The number of nitrogens with one attached hydrogen (secondary N) is 2. The standard InChI is InChI=1S/C10H12N4O/c11-8-7-5-3-1-2-4-6(5)12-9(7)14-10(15)13-8/h1-4H2,(H4,11,12,13,14,15). The molecule has 0 saturated heterocycles. The van der Waals surface area contributed by atoms with E-state index in [0.29, 0.717) is 11.5 Å². The van der Waals surface area contributed by atoms with Crippen LogP contribution in [0.15, 0.2) is 4.79 Å². The second-order valence-corrected chi connectivity index (χ2v) is 3.97. The minimum atomic E-state index is -0.390. The SMILES string of the molecule is Nc1[nH]c(=O)nc2[nH]c3c(c12)CCCC3. The van der Waals surface area contributed by atoms with Gasteiger partial charge in [-0.2, -0.15) is 4.98 Å². The molecular formula is C10H12N4O. The number of hydrogen-bond donors (Lipinski definition) is 3. The Labute approximate surface area is 85.7 Å². The van der Waals surface area contributed by atoms with E-state index in [1.807, 2.05) is 0 Å². The Balaban J connectivity index is 2.42. The van der Waals surface area contributed by atoms with E-state index < -0.39 is 5.69 Å². The molecule has 4 N–H and O–H groups in total. The molecule has 0 saturated carbocycles. The third kappa shape index (κ3) is 1.16. The van der Waals surface area contributed by atoms with Crippen LogP contribution in [0.4, 0.5) is 5.82 Å². The van der Waals surface area contributed by atoms with E-state index in [1.165, 1.54) is 24.1 Å². The molecule has 15 heavy (non-hydrogen) atoms. The van der Waals surface area contributed by atoms with Gasteiger partial charge in [-0.15, -0.1) is 0 Å². The van der Waals surface area contributed by atoms with Gasteiger partial charge in [-0.1, -0.05) is 0 Å². The fraction of sp³-hybridized carbons (Fsp3) is 0.400. The molecule has 0 radical (unpaired) electrons. The molecule has 0 fully saturated rings. The molecule has 2 aromatic heterocycles. The second kappa shape index (κ2) is 2.85. The van der Waals surface area contributed by atoms with Gasteiger partial charge in [0, 0.05) is 5.69 Å². The Bertz CT molecular complexity index is 581. The third-order valence-electron chi connectivity index (χ3n) is 3.00. The van der Waals surface area contributed by atoms with Crippen molar-refractivity contribution in [2.45, 2.75) is 25.7 Å². The summed E-state index contributed by atoms with van der Waals surface area (Å²) in [6.45, 7) is 0. The number of H-pyrrole nitrogens is 2. The highest BCUT2D eigenvalue weighted by Gasteiger charge is 2.18. The molecule has 0 aromatic carbocycles. The van der Waals surface area contributed by atoms with Crippen LogP contribution in [-0.2, 0) is 12.8 Å². The van der Waals surface area contributed by atoms with Crippen molar-refractivity contribution < 1.29 is 0 Å². The number of nitrogens with zero attached hydrogens (tertiary/aromatic N) is 1. The van der Waals surface area contributed by atoms with Gasteiger partial charge in [0.05, 0.1) is 5.39 Å². The van der Waals surface area contributed by atoms with Crippen LogP contribution in [-0.4, -0.2) is 15.0 Å². The Kier molecular flexibility index (Phi) is 1.62. The molecule has 5 nitrogen and oxygen atoms in total. The highest BCUT2D eigenvalue weighted by atomic mass is 16.1. The molecule has 0 unspecified atom stereocenters. The first kappa shape index (κ1) is 8.52. The summed E-state index contributed by atoms with van der Waals surface area (Å²) in [7, 11) is 0. The maximum Gasteiger partial charge on any atom is 0.348 e. The van der Waals surface area contributed by atoms with E-state index in [9.17, 15) is 4.79 Å². The molecule has 0 atom stereocenters. The molecular weight excluding hydrogens is 192 g/mol. The quantitative estimate of drug-likeness (QED) is 0.590. The molecule has 0 bridgehead atoms. The molecule has 2 heterocycles. The minimum Gasteiger partial charge on any atom is -0.385 e. The number of rotatable bonds is 0. The number of aromatic nitrogens is 3. The van der Waals surface area contributed by atoms with Crippen molar-refractivity contribution in [2.24, 2.45) is 0 Å². The first-order valence-corrected chi connectivity index (χ1v) is 5.15. The third-order valence-corrected chi connectivity index (χ3v) is 3.00. The van der Waals surface area contributed by atoms with E-state index in [0.717, 1.165) is 18.2 Å². The zero-order chi connectivity index (χ0) is 10.4. The largest absolute Gasteiger partial charge is 0.385 e. The normalized spacial score (nSPS) is 15.5. The lowest BCUT2D eigenvalue weighted by atomic mass is 9.96. The molecule has 1 aliphatic rings. The monoisotopic (exact) mass is 204 g/mol. The van der Waals surface area contributed by atoms with Gasteiger partial charge in [0.1, 0.15) is 11.5 Å². The number of nitrogens with two attached hydrogens (primary N) is 1. The van der Waals surface area contributed by atoms with Crippen molar-refractivity contribution in [1.82, 2.24) is 15.0 Å². The summed E-state index contributed by atoms with van der Waals surface area (Å²) in [6, 6.07) is 0. The Morgan fingerprint density at radius 1 is 1.20 bits per heavy atom. The van der Waals surface area contributed by atoms with Crippen molar-refractivity contribution >= 4 is 16.9 Å². The van der Waals surface area contributed by atoms with Gasteiger partial charge >= 0.3 is 5.69 Å². The highest BCUT2D eigenvalue weighted by Crippen LogP contribution is 2.29. The highest BCUT2D eigenvalue weighted by molar-refractivity contribution is 5.90. The average Bonchev–Trinajstić information content (AvgIpc) is 2.54. The van der Waals surface area contributed by atoms with Crippen molar-refractivity contribution in [3.8, 4) is 0 Å². The van der Waals surface area contributed by atoms with Gasteiger partial charge in [0.25, 0.3) is 0 Å². The van der Waals surface area contributed by atoms with Gasteiger partial charge in [-0.25, -0.2) is 4.79 Å². The van der Waals surface area contributed by atoms with E-state index in [-0.39, 0.29) is 0 Å². The topological polar surface area (TPSA) is 87.6 Å². The molecule has 0 spiro atoms. The Hall–Kier alpha value is -1.78. The van der Waals surface area contributed by atoms with E-state index >= 15 is 0 Å². The van der Waals surface area contributed by atoms with Crippen LogP contribution < -0.4 is 11.4 Å². The first-order valence-electron chi connectivity index (χ1n) is 5.15. The van der Waals surface area contributed by atoms with Gasteiger partial charge in [0.2, 0.25) is 0 Å². The molecule has 1 aliphatic carbocycles. The zero-order valence-electron chi connectivity index (χ0n) is 8.26. The summed E-state index contributed by atoms with van der Waals surface area (Å²) in [4.78, 5) is 20.8. The smallest absolute Gasteiger partial charge is 0.348 e. The fourth-order valence-electron chi connectivity index (χ4n) is 2.35. The maximum absolute atomic E-state index is 11.2. The molecule has 2 aromatic rings. The average molecular weight is 204 g/mol. The van der Waals surface area contributed by atoms with Crippen LogP contribution >= 0.6 is 0 Å².